The fourth-order valence-corrected chi connectivity index (χ4v) is 2.50. The zero-order valence-electron chi connectivity index (χ0n) is 10.5. The van der Waals surface area contributed by atoms with Gasteiger partial charge in [-0.05, 0) is 49.9 Å². The van der Waals surface area contributed by atoms with E-state index in [1.54, 1.807) is 0 Å². The minimum atomic E-state index is 0.411. The van der Waals surface area contributed by atoms with Crippen molar-refractivity contribution < 1.29 is 0 Å². The first-order valence-corrected chi connectivity index (χ1v) is 5.84. The Kier molecular flexibility index (Phi) is 2.76. The number of aromatic nitrogens is 1. The van der Waals surface area contributed by atoms with Gasteiger partial charge >= 0.3 is 0 Å². The molecule has 1 aromatic heterocycles. The van der Waals surface area contributed by atoms with Crippen LogP contribution in [0.4, 0.5) is 0 Å². The van der Waals surface area contributed by atoms with E-state index in [1.807, 2.05) is 0 Å². The zero-order valence-corrected chi connectivity index (χ0v) is 10.5. The van der Waals surface area contributed by atoms with E-state index in [0.29, 0.717) is 12.5 Å². The summed E-state index contributed by atoms with van der Waals surface area (Å²) in [6.07, 6.45) is 0. The van der Waals surface area contributed by atoms with Crippen LogP contribution in [0.25, 0.3) is 10.9 Å². The summed E-state index contributed by atoms with van der Waals surface area (Å²) in [5.74, 6) is 0.411. The van der Waals surface area contributed by atoms with Gasteiger partial charge in [0.05, 0.1) is 0 Å². The van der Waals surface area contributed by atoms with Crippen LogP contribution in [0.2, 0.25) is 0 Å². The molecule has 0 radical (unpaired) electrons. The lowest BCUT2D eigenvalue weighted by atomic mass is 9.94. The number of aryl methyl sites for hydroxylation is 3. The molecule has 0 aliphatic rings. The van der Waals surface area contributed by atoms with Crippen molar-refractivity contribution in [2.75, 3.05) is 6.54 Å². The number of benzene rings is 1. The maximum atomic E-state index is 5.80. The number of H-pyrrole nitrogens is 1. The summed E-state index contributed by atoms with van der Waals surface area (Å²) in [5.41, 5.74) is 12.3. The van der Waals surface area contributed by atoms with Gasteiger partial charge in [0, 0.05) is 16.6 Å². The van der Waals surface area contributed by atoms with Crippen molar-refractivity contribution in [1.29, 1.82) is 0 Å². The molecule has 16 heavy (non-hydrogen) atoms. The van der Waals surface area contributed by atoms with Gasteiger partial charge in [-0.2, -0.15) is 0 Å². The molecule has 0 amide bonds. The lowest BCUT2D eigenvalue weighted by molar-refractivity contribution is 0.773. The van der Waals surface area contributed by atoms with Crippen LogP contribution in [0, 0.1) is 20.8 Å². The number of fused-ring (bicyclic) bond motifs is 1. The summed E-state index contributed by atoms with van der Waals surface area (Å²) in [7, 11) is 0. The quantitative estimate of drug-likeness (QED) is 0.795. The zero-order chi connectivity index (χ0) is 11.9. The first-order chi connectivity index (χ1) is 7.56. The molecule has 2 rings (SSSR count). The Balaban J connectivity index is 2.83. The maximum absolute atomic E-state index is 5.80. The Morgan fingerprint density at radius 3 is 2.44 bits per heavy atom. The Morgan fingerprint density at radius 1 is 1.19 bits per heavy atom. The largest absolute Gasteiger partial charge is 0.358 e. The molecule has 1 heterocycles. The van der Waals surface area contributed by atoms with Crippen LogP contribution in [0.1, 0.15) is 35.2 Å². The van der Waals surface area contributed by atoms with E-state index in [1.165, 1.54) is 33.3 Å². The number of hydrogen-bond acceptors (Lipinski definition) is 1. The first kappa shape index (κ1) is 11.2. The van der Waals surface area contributed by atoms with Crippen LogP contribution in [0.5, 0.6) is 0 Å². The predicted molar refractivity (Wildman–Crippen MR) is 70.0 cm³/mol. The van der Waals surface area contributed by atoms with Gasteiger partial charge in [-0.25, -0.2) is 0 Å². The monoisotopic (exact) mass is 216 g/mol. The molecule has 0 aliphatic heterocycles. The Bertz CT molecular complexity index is 523. The fourth-order valence-electron chi connectivity index (χ4n) is 2.50. The highest BCUT2D eigenvalue weighted by Gasteiger charge is 2.16. The molecule has 86 valence electrons. The molecule has 1 unspecified atom stereocenters. The van der Waals surface area contributed by atoms with Crippen molar-refractivity contribution >= 4 is 10.9 Å². The van der Waals surface area contributed by atoms with Crippen molar-refractivity contribution in [3.8, 4) is 0 Å². The van der Waals surface area contributed by atoms with Crippen molar-refractivity contribution in [2.24, 2.45) is 5.73 Å². The van der Waals surface area contributed by atoms with Crippen LogP contribution in [0.15, 0.2) is 12.1 Å². The maximum Gasteiger partial charge on any atom is 0.0491 e. The molecule has 3 N–H and O–H groups in total. The number of rotatable bonds is 2. The number of nitrogens with two attached hydrogens (primary N) is 1. The van der Waals surface area contributed by atoms with Gasteiger partial charge in [0.1, 0.15) is 0 Å². The second-order valence-corrected chi connectivity index (χ2v) is 4.75. The van der Waals surface area contributed by atoms with Gasteiger partial charge in [-0.3, -0.25) is 0 Å². The van der Waals surface area contributed by atoms with Gasteiger partial charge in [0.25, 0.3) is 0 Å². The van der Waals surface area contributed by atoms with Crippen molar-refractivity contribution in [2.45, 2.75) is 33.6 Å². The second-order valence-electron chi connectivity index (χ2n) is 4.75. The minimum absolute atomic E-state index is 0.411. The van der Waals surface area contributed by atoms with E-state index in [2.05, 4.69) is 44.8 Å². The van der Waals surface area contributed by atoms with Gasteiger partial charge in [0.15, 0.2) is 0 Å². The predicted octanol–water partition coefficient (Wildman–Crippen LogP) is 3.16. The molecule has 0 aliphatic carbocycles. The summed E-state index contributed by atoms with van der Waals surface area (Å²) in [6.45, 7) is 9.34. The van der Waals surface area contributed by atoms with Gasteiger partial charge < -0.3 is 10.7 Å². The van der Waals surface area contributed by atoms with Crippen LogP contribution in [-0.2, 0) is 0 Å². The Labute approximate surface area is 96.9 Å². The van der Waals surface area contributed by atoms with Gasteiger partial charge in [0.2, 0.25) is 0 Å². The lowest BCUT2D eigenvalue weighted by Crippen LogP contribution is -2.09. The number of nitrogens with one attached hydrogen (secondary N) is 1. The van der Waals surface area contributed by atoms with E-state index in [9.17, 15) is 0 Å². The molecule has 1 aromatic carbocycles. The lowest BCUT2D eigenvalue weighted by Gasteiger charge is -2.10. The third kappa shape index (κ3) is 1.54. The van der Waals surface area contributed by atoms with E-state index in [4.69, 9.17) is 5.73 Å². The molecule has 2 nitrogen and oxygen atoms in total. The topological polar surface area (TPSA) is 41.8 Å². The van der Waals surface area contributed by atoms with E-state index in [0.717, 1.165) is 0 Å². The summed E-state index contributed by atoms with van der Waals surface area (Å²) in [4.78, 5) is 3.50. The van der Waals surface area contributed by atoms with Gasteiger partial charge in [-0.15, -0.1) is 0 Å². The number of hydrogen-bond donors (Lipinski definition) is 2. The van der Waals surface area contributed by atoms with Crippen LogP contribution >= 0.6 is 0 Å². The SMILES string of the molecule is Cc1[nH]c2c(C)ccc(C)c2c1C(C)CN. The molecule has 0 saturated carbocycles. The summed E-state index contributed by atoms with van der Waals surface area (Å²) < 4.78 is 0. The molecule has 0 saturated heterocycles. The molecular formula is C14H20N2. The molecule has 0 spiro atoms. The highest BCUT2D eigenvalue weighted by Crippen LogP contribution is 2.32. The fraction of sp³-hybridized carbons (Fsp3) is 0.429. The Hall–Kier alpha value is -1.28. The van der Waals surface area contributed by atoms with Crippen molar-refractivity contribution in [1.82, 2.24) is 4.98 Å². The van der Waals surface area contributed by atoms with Crippen molar-refractivity contribution in [3.05, 3.63) is 34.5 Å². The molecule has 0 bridgehead atoms. The standard InChI is InChI=1S/C14H20N2/c1-8-5-6-9(2)14-13(8)12(10(3)7-15)11(4)16-14/h5-6,10,16H,7,15H2,1-4H3. The minimum Gasteiger partial charge on any atom is -0.358 e. The van der Waals surface area contributed by atoms with Crippen LogP contribution in [-0.4, -0.2) is 11.5 Å². The van der Waals surface area contributed by atoms with Gasteiger partial charge in [-0.1, -0.05) is 19.1 Å². The summed E-state index contributed by atoms with van der Waals surface area (Å²) in [5, 5.41) is 1.37. The van der Waals surface area contributed by atoms with E-state index < -0.39 is 0 Å². The first-order valence-electron chi connectivity index (χ1n) is 5.84. The molecule has 2 aromatic rings. The molecular weight excluding hydrogens is 196 g/mol. The smallest absolute Gasteiger partial charge is 0.0491 e. The highest BCUT2D eigenvalue weighted by molar-refractivity contribution is 5.90. The van der Waals surface area contributed by atoms with E-state index in [-0.39, 0.29) is 0 Å². The average Bonchev–Trinajstić information content (AvgIpc) is 2.61. The second kappa shape index (κ2) is 3.95. The third-order valence-electron chi connectivity index (χ3n) is 3.45. The molecule has 1 atom stereocenters. The highest BCUT2D eigenvalue weighted by atomic mass is 14.7. The number of aromatic amines is 1. The third-order valence-corrected chi connectivity index (χ3v) is 3.45. The molecule has 0 fully saturated rings. The van der Waals surface area contributed by atoms with E-state index >= 15 is 0 Å². The van der Waals surface area contributed by atoms with Crippen LogP contribution in [0.3, 0.4) is 0 Å². The molecule has 2 heteroatoms. The Morgan fingerprint density at radius 2 is 1.81 bits per heavy atom. The summed E-state index contributed by atoms with van der Waals surface area (Å²) >= 11 is 0. The normalized spacial score (nSPS) is 13.3. The average molecular weight is 216 g/mol. The van der Waals surface area contributed by atoms with Crippen LogP contribution < -0.4 is 5.73 Å². The summed E-state index contributed by atoms with van der Waals surface area (Å²) in [6, 6.07) is 4.36. The van der Waals surface area contributed by atoms with Crippen molar-refractivity contribution in [3.63, 3.8) is 0 Å².